The molecule has 0 aliphatic heterocycles. The van der Waals surface area contributed by atoms with E-state index < -0.39 is 0 Å². The van der Waals surface area contributed by atoms with Gasteiger partial charge in [-0.15, -0.1) is 0 Å². The van der Waals surface area contributed by atoms with Crippen LogP contribution in [0.25, 0.3) is 0 Å². The summed E-state index contributed by atoms with van der Waals surface area (Å²) in [6.07, 6.45) is 2.42. The number of pyridine rings is 1. The first-order chi connectivity index (χ1) is 9.65. The normalized spacial score (nSPS) is 10.7. The van der Waals surface area contributed by atoms with Gasteiger partial charge in [-0.2, -0.15) is 0 Å². The minimum absolute atomic E-state index is 0.0445. The number of hydrogen-bond donors (Lipinski definition) is 1. The lowest BCUT2D eigenvalue weighted by Crippen LogP contribution is -2.19. The molecule has 0 bridgehead atoms. The third kappa shape index (κ3) is 4.40. The van der Waals surface area contributed by atoms with Crippen LogP contribution < -0.4 is 11.3 Å². The van der Waals surface area contributed by atoms with E-state index in [1.165, 1.54) is 6.07 Å². The molecule has 20 heavy (non-hydrogen) atoms. The monoisotopic (exact) mass is 292 g/mol. The highest BCUT2D eigenvalue weighted by molar-refractivity contribution is 6.30. The fourth-order valence-electron chi connectivity index (χ4n) is 1.83. The van der Waals surface area contributed by atoms with E-state index in [9.17, 15) is 4.79 Å². The molecule has 0 saturated carbocycles. The highest BCUT2D eigenvalue weighted by atomic mass is 35.5. The molecule has 0 saturated heterocycles. The van der Waals surface area contributed by atoms with Crippen molar-refractivity contribution in [3.63, 3.8) is 0 Å². The summed E-state index contributed by atoms with van der Waals surface area (Å²) in [5.41, 5.74) is 7.27. The molecular formula is C15H17ClN2O2. The number of aromatic nitrogens is 1. The van der Waals surface area contributed by atoms with Gasteiger partial charge in [0.15, 0.2) is 0 Å². The lowest BCUT2D eigenvalue weighted by molar-refractivity contribution is 0.115. The van der Waals surface area contributed by atoms with E-state index >= 15 is 0 Å². The fraction of sp³-hybridized carbons (Fsp3) is 0.267. The Morgan fingerprint density at radius 1 is 1.15 bits per heavy atom. The minimum atomic E-state index is -0.0445. The second-order valence-electron chi connectivity index (χ2n) is 4.53. The van der Waals surface area contributed by atoms with E-state index in [1.807, 2.05) is 24.3 Å². The molecule has 0 atom stereocenters. The molecule has 0 spiro atoms. The van der Waals surface area contributed by atoms with Crippen molar-refractivity contribution < 1.29 is 4.74 Å². The summed E-state index contributed by atoms with van der Waals surface area (Å²) in [6, 6.07) is 10.6. The summed E-state index contributed by atoms with van der Waals surface area (Å²) < 4.78 is 7.16. The number of rotatable bonds is 6. The van der Waals surface area contributed by atoms with Crippen molar-refractivity contribution in [2.75, 3.05) is 12.3 Å². The van der Waals surface area contributed by atoms with Crippen molar-refractivity contribution in [2.45, 2.75) is 19.6 Å². The van der Waals surface area contributed by atoms with Crippen molar-refractivity contribution in [1.82, 2.24) is 4.57 Å². The van der Waals surface area contributed by atoms with Crippen LogP contribution in [0, 0.1) is 0 Å². The van der Waals surface area contributed by atoms with Gasteiger partial charge in [0.2, 0.25) is 0 Å². The summed E-state index contributed by atoms with van der Waals surface area (Å²) in [7, 11) is 0. The Morgan fingerprint density at radius 3 is 2.65 bits per heavy atom. The van der Waals surface area contributed by atoms with Crippen LogP contribution in [0.4, 0.5) is 5.69 Å². The average Bonchev–Trinajstić information content (AvgIpc) is 2.44. The zero-order chi connectivity index (χ0) is 14.4. The van der Waals surface area contributed by atoms with Gasteiger partial charge in [-0.25, -0.2) is 0 Å². The highest BCUT2D eigenvalue weighted by Gasteiger charge is 1.98. The van der Waals surface area contributed by atoms with Crippen LogP contribution in [0.5, 0.6) is 0 Å². The van der Waals surface area contributed by atoms with Crippen LogP contribution in [0.15, 0.2) is 47.4 Å². The van der Waals surface area contributed by atoms with Crippen LogP contribution in [-0.4, -0.2) is 11.2 Å². The Balaban J connectivity index is 1.73. The van der Waals surface area contributed by atoms with E-state index in [-0.39, 0.29) is 5.56 Å². The van der Waals surface area contributed by atoms with Gasteiger partial charge in [-0.05, 0) is 30.2 Å². The predicted molar refractivity (Wildman–Crippen MR) is 80.8 cm³/mol. The molecule has 2 aromatic rings. The van der Waals surface area contributed by atoms with E-state index in [2.05, 4.69) is 0 Å². The molecule has 5 heteroatoms. The Bertz CT molecular complexity index is 608. The Morgan fingerprint density at radius 2 is 1.90 bits per heavy atom. The van der Waals surface area contributed by atoms with Gasteiger partial charge < -0.3 is 15.0 Å². The molecule has 0 unspecified atom stereocenters. The van der Waals surface area contributed by atoms with Gasteiger partial charge in [0, 0.05) is 36.1 Å². The molecule has 2 N–H and O–H groups in total. The molecule has 0 aliphatic rings. The van der Waals surface area contributed by atoms with Crippen molar-refractivity contribution >= 4 is 17.3 Å². The zero-order valence-electron chi connectivity index (χ0n) is 11.1. The average molecular weight is 293 g/mol. The number of halogens is 1. The molecule has 2 rings (SSSR count). The first-order valence-electron chi connectivity index (χ1n) is 6.43. The third-order valence-electron chi connectivity index (χ3n) is 2.88. The van der Waals surface area contributed by atoms with Gasteiger partial charge in [-0.3, -0.25) is 4.79 Å². The maximum absolute atomic E-state index is 11.5. The van der Waals surface area contributed by atoms with Crippen molar-refractivity contribution in [3.05, 3.63) is 63.5 Å². The number of nitrogens with two attached hydrogens (primary N) is 1. The molecule has 1 aromatic carbocycles. The number of benzene rings is 1. The zero-order valence-corrected chi connectivity index (χ0v) is 11.8. The molecule has 0 amide bonds. The number of anilines is 1. The maximum Gasteiger partial charge on any atom is 0.250 e. The third-order valence-corrected chi connectivity index (χ3v) is 3.13. The smallest absolute Gasteiger partial charge is 0.250 e. The van der Waals surface area contributed by atoms with Crippen molar-refractivity contribution in [1.29, 1.82) is 0 Å². The summed E-state index contributed by atoms with van der Waals surface area (Å²) in [5.74, 6) is 0. The van der Waals surface area contributed by atoms with Crippen LogP contribution in [-0.2, 0) is 17.9 Å². The molecule has 1 heterocycles. The van der Waals surface area contributed by atoms with Gasteiger partial charge in [0.25, 0.3) is 5.56 Å². The number of aryl methyl sites for hydroxylation is 1. The molecule has 0 aliphatic carbocycles. The molecule has 1 aromatic heterocycles. The van der Waals surface area contributed by atoms with Gasteiger partial charge >= 0.3 is 0 Å². The Hall–Kier alpha value is -1.78. The second-order valence-corrected chi connectivity index (χ2v) is 4.96. The molecule has 0 fully saturated rings. The van der Waals surface area contributed by atoms with E-state index in [4.69, 9.17) is 22.1 Å². The SMILES string of the molecule is Nc1ccc(=O)n(CCCOCc2ccc(Cl)cc2)c1. The Kier molecular flexibility index (Phi) is 5.21. The first-order valence-corrected chi connectivity index (χ1v) is 6.81. The largest absolute Gasteiger partial charge is 0.398 e. The predicted octanol–water partition coefficient (Wildman–Crippen LogP) is 2.69. The van der Waals surface area contributed by atoms with E-state index in [1.54, 1.807) is 16.8 Å². The van der Waals surface area contributed by atoms with Gasteiger partial charge in [0.05, 0.1) is 6.61 Å². The number of nitrogens with zero attached hydrogens (tertiary/aromatic N) is 1. The molecule has 106 valence electrons. The van der Waals surface area contributed by atoms with Crippen LogP contribution in [0.2, 0.25) is 5.02 Å². The maximum atomic E-state index is 11.5. The molecule has 0 radical (unpaired) electrons. The fourth-order valence-corrected chi connectivity index (χ4v) is 1.96. The van der Waals surface area contributed by atoms with E-state index in [0.29, 0.717) is 25.4 Å². The second kappa shape index (κ2) is 7.12. The summed E-state index contributed by atoms with van der Waals surface area (Å²) in [6.45, 7) is 1.73. The summed E-state index contributed by atoms with van der Waals surface area (Å²) in [4.78, 5) is 11.5. The van der Waals surface area contributed by atoms with Crippen molar-refractivity contribution in [2.24, 2.45) is 0 Å². The highest BCUT2D eigenvalue weighted by Crippen LogP contribution is 2.10. The Labute approximate surface area is 122 Å². The quantitative estimate of drug-likeness (QED) is 0.833. The lowest BCUT2D eigenvalue weighted by atomic mass is 10.2. The first kappa shape index (κ1) is 14.6. The summed E-state index contributed by atoms with van der Waals surface area (Å²) >= 11 is 5.81. The topological polar surface area (TPSA) is 57.2 Å². The van der Waals surface area contributed by atoms with Gasteiger partial charge in [0.1, 0.15) is 0 Å². The summed E-state index contributed by atoms with van der Waals surface area (Å²) in [5, 5.41) is 0.717. The number of nitrogen functional groups attached to an aromatic ring is 1. The van der Waals surface area contributed by atoms with Crippen LogP contribution >= 0.6 is 11.6 Å². The minimum Gasteiger partial charge on any atom is -0.398 e. The van der Waals surface area contributed by atoms with Crippen LogP contribution in [0.1, 0.15) is 12.0 Å². The van der Waals surface area contributed by atoms with E-state index in [0.717, 1.165) is 17.0 Å². The van der Waals surface area contributed by atoms with Gasteiger partial charge in [-0.1, -0.05) is 23.7 Å². The van der Waals surface area contributed by atoms with Crippen LogP contribution in [0.3, 0.4) is 0 Å². The molecule has 4 nitrogen and oxygen atoms in total. The lowest BCUT2D eigenvalue weighted by Gasteiger charge is -2.07. The number of hydrogen-bond acceptors (Lipinski definition) is 3. The standard InChI is InChI=1S/C15H17ClN2O2/c16-13-4-2-12(3-5-13)11-20-9-1-8-18-10-14(17)6-7-15(18)19/h2-7,10H,1,8-9,11,17H2. The molecular weight excluding hydrogens is 276 g/mol. The van der Waals surface area contributed by atoms with Crippen molar-refractivity contribution in [3.8, 4) is 0 Å². The number of ether oxygens (including phenoxy) is 1.